The van der Waals surface area contributed by atoms with E-state index < -0.39 is 0 Å². The number of nitrogens with one attached hydrogen (secondary N) is 1. The third-order valence-electron chi connectivity index (χ3n) is 3.16. The molecule has 1 atom stereocenters. The van der Waals surface area contributed by atoms with Crippen molar-refractivity contribution in [2.75, 3.05) is 37.7 Å². The van der Waals surface area contributed by atoms with Crippen LogP contribution < -0.4 is 5.32 Å². The molecule has 0 radical (unpaired) electrons. The molecule has 0 bridgehead atoms. The Balaban J connectivity index is 1.65. The van der Waals surface area contributed by atoms with E-state index in [2.05, 4.69) is 28.9 Å². The molecular weight excluding hydrogens is 232 g/mol. The Morgan fingerprint density at radius 2 is 2.41 bits per heavy atom. The van der Waals surface area contributed by atoms with E-state index in [1.807, 2.05) is 12.1 Å². The van der Waals surface area contributed by atoms with Crippen LogP contribution in [0.5, 0.6) is 0 Å². The smallest absolute Gasteiger partial charge is 0.120 e. The molecule has 3 nitrogen and oxygen atoms in total. The van der Waals surface area contributed by atoms with E-state index >= 15 is 0 Å². The van der Waals surface area contributed by atoms with Crippen molar-refractivity contribution >= 4 is 11.8 Å². The molecule has 0 amide bonds. The quantitative estimate of drug-likeness (QED) is 0.873. The van der Waals surface area contributed by atoms with Crippen molar-refractivity contribution in [3.63, 3.8) is 0 Å². The van der Waals surface area contributed by atoms with Gasteiger partial charge in [-0.3, -0.25) is 0 Å². The van der Waals surface area contributed by atoms with Gasteiger partial charge in [-0.05, 0) is 37.8 Å². The normalized spacial score (nSPS) is 20.1. The number of rotatable bonds is 5. The molecule has 2 heterocycles. The average molecular weight is 254 g/mol. The van der Waals surface area contributed by atoms with Crippen molar-refractivity contribution in [2.45, 2.75) is 19.4 Å². The van der Waals surface area contributed by atoms with E-state index in [0.717, 1.165) is 18.8 Å². The van der Waals surface area contributed by atoms with Gasteiger partial charge < -0.3 is 14.6 Å². The number of hydrogen-bond acceptors (Lipinski definition) is 4. The fraction of sp³-hybridized carbons (Fsp3) is 0.692. The maximum absolute atomic E-state index is 5.38. The summed E-state index contributed by atoms with van der Waals surface area (Å²) >= 11 is 2.08. The molecule has 1 aliphatic rings. The van der Waals surface area contributed by atoms with Crippen LogP contribution in [0.15, 0.2) is 22.8 Å². The summed E-state index contributed by atoms with van der Waals surface area (Å²) in [4.78, 5) is 2.56. The van der Waals surface area contributed by atoms with Crippen LogP contribution in [0.4, 0.5) is 0 Å². The van der Waals surface area contributed by atoms with E-state index in [-0.39, 0.29) is 0 Å². The first-order valence-corrected chi connectivity index (χ1v) is 7.58. The van der Waals surface area contributed by atoms with Gasteiger partial charge in [-0.15, -0.1) is 0 Å². The first kappa shape index (κ1) is 13.0. The summed E-state index contributed by atoms with van der Waals surface area (Å²) in [5.74, 6) is 3.64. The molecule has 2 rings (SSSR count). The molecule has 1 aromatic heterocycles. The molecule has 0 saturated carbocycles. The van der Waals surface area contributed by atoms with Gasteiger partial charge in [0.05, 0.1) is 12.3 Å². The van der Waals surface area contributed by atoms with Crippen LogP contribution in [-0.4, -0.2) is 42.6 Å². The van der Waals surface area contributed by atoms with E-state index in [1.54, 1.807) is 6.26 Å². The fourth-order valence-electron chi connectivity index (χ4n) is 2.10. The van der Waals surface area contributed by atoms with Crippen molar-refractivity contribution in [1.82, 2.24) is 10.2 Å². The van der Waals surface area contributed by atoms with Crippen LogP contribution >= 0.6 is 11.8 Å². The molecule has 1 aromatic rings. The Kier molecular flexibility index (Phi) is 5.42. The van der Waals surface area contributed by atoms with Gasteiger partial charge in [0, 0.05) is 25.4 Å². The zero-order valence-corrected chi connectivity index (χ0v) is 11.3. The van der Waals surface area contributed by atoms with Gasteiger partial charge in [0.15, 0.2) is 0 Å². The Bertz CT molecular complexity index is 294. The highest BCUT2D eigenvalue weighted by Crippen LogP contribution is 2.12. The van der Waals surface area contributed by atoms with Crippen LogP contribution in [-0.2, 0) is 0 Å². The van der Waals surface area contributed by atoms with E-state index in [9.17, 15) is 0 Å². The molecule has 1 saturated heterocycles. The van der Waals surface area contributed by atoms with E-state index in [0.29, 0.717) is 6.04 Å². The number of hydrogen-bond donors (Lipinski definition) is 1. The lowest BCUT2D eigenvalue weighted by atomic mass is 10.2. The summed E-state index contributed by atoms with van der Waals surface area (Å²) in [6.45, 7) is 6.82. The highest BCUT2D eigenvalue weighted by molar-refractivity contribution is 7.99. The first-order chi connectivity index (χ1) is 8.36. The van der Waals surface area contributed by atoms with Crippen LogP contribution in [0.1, 0.15) is 25.1 Å². The van der Waals surface area contributed by atoms with Gasteiger partial charge in [0.1, 0.15) is 5.76 Å². The minimum Gasteiger partial charge on any atom is -0.468 e. The average Bonchev–Trinajstić information content (AvgIpc) is 2.75. The summed E-state index contributed by atoms with van der Waals surface area (Å²) < 4.78 is 5.38. The molecule has 0 aliphatic carbocycles. The lowest BCUT2D eigenvalue weighted by Gasteiger charge is -2.20. The lowest BCUT2D eigenvalue weighted by Crippen LogP contribution is -2.34. The van der Waals surface area contributed by atoms with Crippen LogP contribution in [0.25, 0.3) is 0 Å². The summed E-state index contributed by atoms with van der Waals surface area (Å²) in [7, 11) is 0. The van der Waals surface area contributed by atoms with Gasteiger partial charge in [-0.2, -0.15) is 11.8 Å². The van der Waals surface area contributed by atoms with Gasteiger partial charge in [0.25, 0.3) is 0 Å². The second-order valence-electron chi connectivity index (χ2n) is 4.50. The molecule has 1 N–H and O–H groups in total. The van der Waals surface area contributed by atoms with E-state index in [1.165, 1.54) is 31.0 Å². The zero-order valence-electron chi connectivity index (χ0n) is 10.5. The second-order valence-corrected chi connectivity index (χ2v) is 5.72. The van der Waals surface area contributed by atoms with Crippen molar-refractivity contribution < 1.29 is 4.42 Å². The van der Waals surface area contributed by atoms with Gasteiger partial charge in [-0.25, -0.2) is 0 Å². The zero-order chi connectivity index (χ0) is 11.9. The highest BCUT2D eigenvalue weighted by atomic mass is 32.2. The predicted molar refractivity (Wildman–Crippen MR) is 73.5 cm³/mol. The topological polar surface area (TPSA) is 28.4 Å². The summed E-state index contributed by atoms with van der Waals surface area (Å²) in [5, 5.41) is 3.51. The second kappa shape index (κ2) is 7.09. The molecule has 0 aromatic carbocycles. The standard InChI is InChI=1S/C13H22N2OS/c1-12(13-4-2-9-16-13)14-5-7-15-6-3-10-17-11-8-15/h2,4,9,12,14H,3,5-8,10-11H2,1H3. The van der Waals surface area contributed by atoms with Gasteiger partial charge in [0.2, 0.25) is 0 Å². The lowest BCUT2D eigenvalue weighted by molar-refractivity contribution is 0.286. The predicted octanol–water partition coefficient (Wildman–Crippen LogP) is 2.37. The Morgan fingerprint density at radius 3 is 3.24 bits per heavy atom. The minimum absolute atomic E-state index is 0.311. The largest absolute Gasteiger partial charge is 0.468 e. The fourth-order valence-corrected chi connectivity index (χ4v) is 3.02. The van der Waals surface area contributed by atoms with Gasteiger partial charge in [-0.1, -0.05) is 0 Å². The van der Waals surface area contributed by atoms with Crippen molar-refractivity contribution in [3.05, 3.63) is 24.2 Å². The summed E-state index contributed by atoms with van der Waals surface area (Å²) in [6, 6.07) is 4.28. The molecule has 1 aliphatic heterocycles. The monoisotopic (exact) mass is 254 g/mol. The molecule has 96 valence electrons. The number of thioether (sulfide) groups is 1. The Hall–Kier alpha value is -0.450. The molecule has 17 heavy (non-hydrogen) atoms. The minimum atomic E-state index is 0.311. The third kappa shape index (κ3) is 4.37. The van der Waals surface area contributed by atoms with Crippen molar-refractivity contribution in [1.29, 1.82) is 0 Å². The SMILES string of the molecule is CC(NCCN1CCCSCC1)c1ccco1. The molecule has 1 unspecified atom stereocenters. The number of nitrogens with zero attached hydrogens (tertiary/aromatic N) is 1. The van der Waals surface area contributed by atoms with Crippen LogP contribution in [0.2, 0.25) is 0 Å². The van der Waals surface area contributed by atoms with Crippen molar-refractivity contribution in [2.24, 2.45) is 0 Å². The molecule has 4 heteroatoms. The Morgan fingerprint density at radius 1 is 1.47 bits per heavy atom. The molecular formula is C13H22N2OS. The van der Waals surface area contributed by atoms with E-state index in [4.69, 9.17) is 4.42 Å². The maximum atomic E-state index is 5.38. The van der Waals surface area contributed by atoms with Gasteiger partial charge >= 0.3 is 0 Å². The van der Waals surface area contributed by atoms with Crippen LogP contribution in [0.3, 0.4) is 0 Å². The van der Waals surface area contributed by atoms with Crippen LogP contribution in [0, 0.1) is 0 Å². The number of furan rings is 1. The third-order valence-corrected chi connectivity index (χ3v) is 4.21. The molecule has 0 spiro atoms. The van der Waals surface area contributed by atoms with Crippen molar-refractivity contribution in [3.8, 4) is 0 Å². The Labute approximate surface area is 108 Å². The molecule has 1 fully saturated rings. The highest BCUT2D eigenvalue weighted by Gasteiger charge is 2.10. The maximum Gasteiger partial charge on any atom is 0.120 e. The first-order valence-electron chi connectivity index (χ1n) is 6.43. The summed E-state index contributed by atoms with van der Waals surface area (Å²) in [6.07, 6.45) is 3.07. The summed E-state index contributed by atoms with van der Waals surface area (Å²) in [5.41, 5.74) is 0.